The van der Waals surface area contributed by atoms with E-state index in [2.05, 4.69) is 26.7 Å². The van der Waals surface area contributed by atoms with Crippen LogP contribution in [0.25, 0.3) is 0 Å². The van der Waals surface area contributed by atoms with Crippen LogP contribution in [0, 0.1) is 0 Å². The molecule has 0 radical (unpaired) electrons. The maximum Gasteiger partial charge on any atom is 0.256 e. The van der Waals surface area contributed by atoms with Crippen molar-refractivity contribution >= 4 is 21.8 Å². The van der Waals surface area contributed by atoms with Gasteiger partial charge in [0, 0.05) is 25.8 Å². The first kappa shape index (κ1) is 19.3. The van der Waals surface area contributed by atoms with E-state index in [1.807, 2.05) is 25.2 Å². The molecule has 0 aliphatic carbocycles. The molecule has 1 aromatic rings. The second-order valence-corrected chi connectivity index (χ2v) is 8.40. The smallest absolute Gasteiger partial charge is 0.256 e. The van der Waals surface area contributed by atoms with E-state index in [0.717, 1.165) is 19.5 Å². The molecule has 0 saturated carbocycles. The third-order valence-corrected chi connectivity index (χ3v) is 5.55. The van der Waals surface area contributed by atoms with Gasteiger partial charge in [0.25, 0.3) is 15.9 Å². The Kier molecular flexibility index (Phi) is 6.08. The van der Waals surface area contributed by atoms with Crippen molar-refractivity contribution < 1.29 is 13.2 Å². The molecule has 8 heteroatoms. The monoisotopic (exact) mass is 388 g/mol. The number of sulfonamides is 1. The number of hydrogen-bond donors (Lipinski definition) is 1. The molecule has 2 aliphatic heterocycles. The fourth-order valence-electron chi connectivity index (χ4n) is 3.01. The summed E-state index contributed by atoms with van der Waals surface area (Å²) in [7, 11) is -1.46. The van der Waals surface area contributed by atoms with Gasteiger partial charge >= 0.3 is 0 Å². The lowest BCUT2D eigenvalue weighted by Crippen LogP contribution is -2.42. The largest absolute Gasteiger partial charge is 0.352 e. The first-order chi connectivity index (χ1) is 12.9. The Hall–Kier alpha value is -2.45. The number of rotatable bonds is 7. The van der Waals surface area contributed by atoms with Gasteiger partial charge < -0.3 is 15.1 Å². The summed E-state index contributed by atoms with van der Waals surface area (Å²) in [5, 5.41) is 2.86. The van der Waals surface area contributed by atoms with Crippen molar-refractivity contribution in [3.8, 4) is 0 Å². The number of nitrogens with one attached hydrogen (secondary N) is 1. The normalized spacial score (nSPS) is 17.9. The minimum atomic E-state index is -3.50. The average Bonchev–Trinajstić information content (AvgIpc) is 2.64. The third kappa shape index (κ3) is 5.27. The zero-order valence-corrected chi connectivity index (χ0v) is 16.2. The highest BCUT2D eigenvalue weighted by Gasteiger charge is 2.29. The van der Waals surface area contributed by atoms with Crippen molar-refractivity contribution in [3.05, 3.63) is 59.8 Å². The lowest BCUT2D eigenvalue weighted by Gasteiger charge is -2.28. The zero-order valence-electron chi connectivity index (χ0n) is 15.3. The SMILES string of the molecule is CN(CCCNC(=O)C1=CC=CN2CCS(=O)(=O)N=C12)Cc1ccccc1. The molecule has 0 aromatic heterocycles. The molecule has 0 unspecified atom stereocenters. The number of benzene rings is 1. The highest BCUT2D eigenvalue weighted by Crippen LogP contribution is 2.17. The summed E-state index contributed by atoms with van der Waals surface area (Å²) < 4.78 is 27.3. The molecular weight excluding hydrogens is 364 g/mol. The summed E-state index contributed by atoms with van der Waals surface area (Å²) in [4.78, 5) is 16.4. The number of allylic oxidation sites excluding steroid dienone is 2. The summed E-state index contributed by atoms with van der Waals surface area (Å²) >= 11 is 0. The minimum absolute atomic E-state index is 0.0382. The number of amides is 1. The Morgan fingerprint density at radius 1 is 1.30 bits per heavy atom. The van der Waals surface area contributed by atoms with Crippen LogP contribution in [0.2, 0.25) is 0 Å². The molecule has 2 heterocycles. The lowest BCUT2D eigenvalue weighted by molar-refractivity contribution is -0.117. The molecule has 1 amide bonds. The van der Waals surface area contributed by atoms with E-state index in [0.29, 0.717) is 18.7 Å². The van der Waals surface area contributed by atoms with Crippen LogP contribution in [0.15, 0.2) is 58.7 Å². The highest BCUT2D eigenvalue weighted by atomic mass is 32.2. The molecule has 1 aromatic carbocycles. The number of carbonyl (C=O) groups is 1. The molecule has 0 atom stereocenters. The number of amidine groups is 1. The number of nitrogens with zero attached hydrogens (tertiary/aromatic N) is 3. The van der Waals surface area contributed by atoms with Crippen LogP contribution >= 0.6 is 0 Å². The van der Waals surface area contributed by atoms with Crippen LogP contribution in [0.3, 0.4) is 0 Å². The van der Waals surface area contributed by atoms with Crippen molar-refractivity contribution in [1.82, 2.24) is 15.1 Å². The third-order valence-electron chi connectivity index (χ3n) is 4.40. The van der Waals surface area contributed by atoms with Crippen LogP contribution in [0.5, 0.6) is 0 Å². The molecule has 144 valence electrons. The van der Waals surface area contributed by atoms with Gasteiger partial charge in [0.2, 0.25) is 0 Å². The van der Waals surface area contributed by atoms with E-state index < -0.39 is 10.0 Å². The highest BCUT2D eigenvalue weighted by molar-refractivity contribution is 7.90. The Morgan fingerprint density at radius 2 is 2.07 bits per heavy atom. The number of hydrogen-bond acceptors (Lipinski definition) is 5. The van der Waals surface area contributed by atoms with Gasteiger partial charge in [-0.1, -0.05) is 30.3 Å². The molecule has 27 heavy (non-hydrogen) atoms. The van der Waals surface area contributed by atoms with Gasteiger partial charge in [-0.15, -0.1) is 4.40 Å². The van der Waals surface area contributed by atoms with Crippen LogP contribution in [-0.4, -0.2) is 62.4 Å². The van der Waals surface area contributed by atoms with Gasteiger partial charge in [-0.25, -0.2) is 8.42 Å². The van der Waals surface area contributed by atoms with Crippen LogP contribution < -0.4 is 5.32 Å². The fraction of sp³-hybridized carbons (Fsp3) is 0.368. The predicted octanol–water partition coefficient (Wildman–Crippen LogP) is 1.12. The van der Waals surface area contributed by atoms with Crippen molar-refractivity contribution in [3.63, 3.8) is 0 Å². The summed E-state index contributed by atoms with van der Waals surface area (Å²) in [6, 6.07) is 10.2. The summed E-state index contributed by atoms with van der Waals surface area (Å²) in [6.07, 6.45) is 5.88. The Balaban J connectivity index is 1.48. The van der Waals surface area contributed by atoms with Crippen molar-refractivity contribution in [2.75, 3.05) is 32.4 Å². The molecule has 7 nitrogen and oxygen atoms in total. The van der Waals surface area contributed by atoms with Gasteiger partial charge in [-0.3, -0.25) is 4.79 Å². The lowest BCUT2D eigenvalue weighted by atomic mass is 10.1. The van der Waals surface area contributed by atoms with Gasteiger partial charge in [0.05, 0.1) is 11.3 Å². The van der Waals surface area contributed by atoms with E-state index in [1.165, 1.54) is 5.56 Å². The first-order valence-electron chi connectivity index (χ1n) is 8.93. The molecule has 3 rings (SSSR count). The predicted molar refractivity (Wildman–Crippen MR) is 106 cm³/mol. The van der Waals surface area contributed by atoms with E-state index in [-0.39, 0.29) is 17.5 Å². The van der Waals surface area contributed by atoms with Crippen LogP contribution in [0.4, 0.5) is 0 Å². The molecular formula is C19H24N4O3S. The average molecular weight is 388 g/mol. The molecule has 0 fully saturated rings. The number of fused-ring (bicyclic) bond motifs is 1. The van der Waals surface area contributed by atoms with Gasteiger partial charge in [-0.2, -0.15) is 0 Å². The van der Waals surface area contributed by atoms with Crippen molar-refractivity contribution in [1.29, 1.82) is 0 Å². The van der Waals surface area contributed by atoms with Crippen molar-refractivity contribution in [2.45, 2.75) is 13.0 Å². The molecule has 2 aliphatic rings. The summed E-state index contributed by atoms with van der Waals surface area (Å²) in [6.45, 7) is 2.52. The second kappa shape index (κ2) is 8.49. The first-order valence-corrected chi connectivity index (χ1v) is 10.5. The fourth-order valence-corrected chi connectivity index (χ4v) is 4.00. The topological polar surface area (TPSA) is 82.1 Å². The van der Waals surface area contributed by atoms with E-state index in [1.54, 1.807) is 23.3 Å². The standard InChI is InChI=1S/C19H24N4O3S/c1-22(15-16-7-3-2-4-8-16)11-6-10-20-19(24)17-9-5-12-23-13-14-27(25,26)21-18(17)23/h2-5,7-9,12H,6,10-11,13-15H2,1H3,(H,20,24). The van der Waals surface area contributed by atoms with E-state index in [9.17, 15) is 13.2 Å². The van der Waals surface area contributed by atoms with Gasteiger partial charge in [-0.05, 0) is 37.7 Å². The minimum Gasteiger partial charge on any atom is -0.352 e. The van der Waals surface area contributed by atoms with Crippen LogP contribution in [-0.2, 0) is 21.4 Å². The van der Waals surface area contributed by atoms with Gasteiger partial charge in [0.1, 0.15) is 0 Å². The van der Waals surface area contributed by atoms with Crippen molar-refractivity contribution in [2.24, 2.45) is 4.40 Å². The van der Waals surface area contributed by atoms with Gasteiger partial charge in [0.15, 0.2) is 5.84 Å². The maximum atomic E-state index is 12.5. The Bertz CT molecular complexity index is 875. The quantitative estimate of drug-likeness (QED) is 0.708. The Morgan fingerprint density at radius 3 is 2.85 bits per heavy atom. The van der Waals surface area contributed by atoms with Crippen LogP contribution in [0.1, 0.15) is 12.0 Å². The second-order valence-electron chi connectivity index (χ2n) is 6.65. The van der Waals surface area contributed by atoms with E-state index >= 15 is 0 Å². The Labute approximate surface area is 160 Å². The number of carbonyl (C=O) groups excluding carboxylic acids is 1. The van der Waals surface area contributed by atoms with E-state index in [4.69, 9.17) is 0 Å². The maximum absolute atomic E-state index is 12.5. The molecule has 1 N–H and O–H groups in total. The molecule has 0 saturated heterocycles. The summed E-state index contributed by atoms with van der Waals surface area (Å²) in [5.41, 5.74) is 1.54. The molecule has 0 bridgehead atoms. The molecule has 0 spiro atoms. The summed E-state index contributed by atoms with van der Waals surface area (Å²) in [5.74, 6) is -0.128. The zero-order chi connectivity index (χ0) is 19.3.